The van der Waals surface area contributed by atoms with E-state index in [4.69, 9.17) is 5.73 Å². The minimum atomic E-state index is -0.726. The molecule has 0 amide bonds. The number of rotatable bonds is 5. The lowest BCUT2D eigenvalue weighted by Crippen LogP contribution is -2.28. The molecule has 1 heterocycles. The normalized spacial score (nSPS) is 14.7. The summed E-state index contributed by atoms with van der Waals surface area (Å²) in [5, 5.41) is 12.0. The Kier molecular flexibility index (Phi) is 5.04. The van der Waals surface area contributed by atoms with Gasteiger partial charge in [0.05, 0.1) is 7.11 Å². The maximum absolute atomic E-state index is 11.2. The molecule has 1 aromatic heterocycles. The largest absolute Gasteiger partial charge is 0.464 e. The number of carbonyl (C=O) groups is 1. The van der Waals surface area contributed by atoms with E-state index < -0.39 is 12.1 Å². The number of hydrogen-bond acceptors (Lipinski definition) is 6. The van der Waals surface area contributed by atoms with Crippen LogP contribution in [0.15, 0.2) is 5.38 Å². The highest BCUT2D eigenvalue weighted by Crippen LogP contribution is 2.23. The van der Waals surface area contributed by atoms with Crippen LogP contribution >= 0.6 is 11.3 Å². The van der Waals surface area contributed by atoms with Gasteiger partial charge in [-0.05, 0) is 12.3 Å². The highest BCUT2D eigenvalue weighted by molar-refractivity contribution is 7.09. The first-order valence-electron chi connectivity index (χ1n) is 5.43. The molecule has 0 aliphatic carbocycles. The van der Waals surface area contributed by atoms with Gasteiger partial charge in [-0.1, -0.05) is 13.8 Å². The Bertz CT molecular complexity index is 379. The van der Waals surface area contributed by atoms with E-state index in [9.17, 15) is 9.90 Å². The van der Waals surface area contributed by atoms with E-state index in [1.807, 2.05) is 13.8 Å². The zero-order chi connectivity index (χ0) is 13.0. The molecular weight excluding hydrogens is 240 g/mol. The van der Waals surface area contributed by atoms with Gasteiger partial charge in [-0.3, -0.25) is 0 Å². The maximum Gasteiger partial charge on any atom is 0.357 e. The Morgan fingerprint density at radius 1 is 1.65 bits per heavy atom. The van der Waals surface area contributed by atoms with Crippen molar-refractivity contribution in [3.05, 3.63) is 16.1 Å². The molecule has 17 heavy (non-hydrogen) atoms. The van der Waals surface area contributed by atoms with Crippen LogP contribution in [0.2, 0.25) is 0 Å². The summed E-state index contributed by atoms with van der Waals surface area (Å²) in [5.74, 6) is -0.197. The predicted molar refractivity (Wildman–Crippen MR) is 65.8 cm³/mol. The van der Waals surface area contributed by atoms with Crippen LogP contribution in [0, 0.1) is 5.92 Å². The molecule has 3 N–H and O–H groups in total. The number of aromatic nitrogens is 1. The number of methoxy groups -OCH3 is 1. The number of nitrogens with two attached hydrogens (primary N) is 1. The number of aliphatic hydroxyl groups is 1. The SMILES string of the molecule is COC(=O)c1csc(C(O)CC(N)C(C)C)n1. The second kappa shape index (κ2) is 6.09. The van der Waals surface area contributed by atoms with Gasteiger partial charge in [-0.2, -0.15) is 0 Å². The Hall–Kier alpha value is -0.980. The van der Waals surface area contributed by atoms with E-state index in [1.54, 1.807) is 5.38 Å². The van der Waals surface area contributed by atoms with Crippen LogP contribution in [-0.4, -0.2) is 29.2 Å². The van der Waals surface area contributed by atoms with Gasteiger partial charge in [0.15, 0.2) is 5.69 Å². The number of thiazole rings is 1. The summed E-state index contributed by atoms with van der Waals surface area (Å²) in [7, 11) is 1.30. The molecule has 0 saturated carbocycles. The molecule has 1 aromatic rings. The predicted octanol–water partition coefficient (Wildman–Crippen LogP) is 1.34. The summed E-state index contributed by atoms with van der Waals surface area (Å²) in [6.45, 7) is 4.00. The minimum absolute atomic E-state index is 0.0875. The Morgan fingerprint density at radius 3 is 2.82 bits per heavy atom. The fraction of sp³-hybridized carbons (Fsp3) is 0.636. The van der Waals surface area contributed by atoms with Crippen molar-refractivity contribution < 1.29 is 14.6 Å². The van der Waals surface area contributed by atoms with Crippen LogP contribution < -0.4 is 5.73 Å². The molecule has 96 valence electrons. The molecule has 0 fully saturated rings. The minimum Gasteiger partial charge on any atom is -0.464 e. The van der Waals surface area contributed by atoms with Crippen molar-refractivity contribution in [2.24, 2.45) is 11.7 Å². The van der Waals surface area contributed by atoms with E-state index >= 15 is 0 Å². The third-order valence-corrected chi connectivity index (χ3v) is 3.50. The van der Waals surface area contributed by atoms with Gasteiger partial charge in [0.1, 0.15) is 11.1 Å². The first-order chi connectivity index (χ1) is 7.95. The van der Waals surface area contributed by atoms with Gasteiger partial charge >= 0.3 is 5.97 Å². The summed E-state index contributed by atoms with van der Waals surface area (Å²) in [5.41, 5.74) is 6.10. The van der Waals surface area contributed by atoms with Crippen molar-refractivity contribution in [2.75, 3.05) is 7.11 Å². The van der Waals surface area contributed by atoms with E-state index in [0.717, 1.165) is 0 Å². The molecule has 0 spiro atoms. The Balaban J connectivity index is 2.66. The molecule has 0 aromatic carbocycles. The van der Waals surface area contributed by atoms with E-state index in [2.05, 4.69) is 9.72 Å². The van der Waals surface area contributed by atoms with Crippen molar-refractivity contribution in [2.45, 2.75) is 32.4 Å². The third-order valence-electron chi connectivity index (χ3n) is 2.55. The Morgan fingerprint density at radius 2 is 2.29 bits per heavy atom. The fourth-order valence-corrected chi connectivity index (χ4v) is 2.06. The highest BCUT2D eigenvalue weighted by atomic mass is 32.1. The molecular formula is C11H18N2O3S. The molecule has 2 atom stereocenters. The molecule has 0 radical (unpaired) electrons. The first-order valence-corrected chi connectivity index (χ1v) is 6.31. The lowest BCUT2D eigenvalue weighted by Gasteiger charge is -2.17. The lowest BCUT2D eigenvalue weighted by atomic mass is 9.99. The van der Waals surface area contributed by atoms with Crippen molar-refractivity contribution in [1.82, 2.24) is 4.98 Å². The van der Waals surface area contributed by atoms with Gasteiger partial charge in [-0.25, -0.2) is 9.78 Å². The quantitative estimate of drug-likeness (QED) is 0.778. The number of carbonyl (C=O) groups excluding carboxylic acids is 1. The van der Waals surface area contributed by atoms with Crippen molar-refractivity contribution >= 4 is 17.3 Å². The topological polar surface area (TPSA) is 85.4 Å². The van der Waals surface area contributed by atoms with Crippen LogP contribution in [0.5, 0.6) is 0 Å². The Labute approximate surface area is 105 Å². The molecule has 2 unspecified atom stereocenters. The highest BCUT2D eigenvalue weighted by Gasteiger charge is 2.20. The van der Waals surface area contributed by atoms with Crippen LogP contribution in [0.4, 0.5) is 0 Å². The summed E-state index contributed by atoms with van der Waals surface area (Å²) in [6, 6.07) is -0.0875. The summed E-state index contributed by atoms with van der Waals surface area (Å²) < 4.78 is 4.55. The van der Waals surface area contributed by atoms with E-state index in [-0.39, 0.29) is 11.7 Å². The number of aliphatic hydroxyl groups excluding tert-OH is 1. The molecule has 0 aliphatic rings. The fourth-order valence-electron chi connectivity index (χ4n) is 1.27. The van der Waals surface area contributed by atoms with Gasteiger partial charge in [0.25, 0.3) is 0 Å². The van der Waals surface area contributed by atoms with Gasteiger partial charge < -0.3 is 15.6 Å². The first kappa shape index (κ1) is 14.1. The van der Waals surface area contributed by atoms with E-state index in [0.29, 0.717) is 17.3 Å². The molecule has 6 heteroatoms. The average molecular weight is 258 g/mol. The van der Waals surface area contributed by atoms with E-state index in [1.165, 1.54) is 18.4 Å². The monoisotopic (exact) mass is 258 g/mol. The number of hydrogen-bond donors (Lipinski definition) is 2. The van der Waals surface area contributed by atoms with Crippen LogP contribution in [0.25, 0.3) is 0 Å². The summed E-state index contributed by atoms with van der Waals surface area (Å²) in [6.07, 6.45) is -0.290. The molecule has 1 rings (SSSR count). The van der Waals surface area contributed by atoms with Gasteiger partial charge in [0.2, 0.25) is 0 Å². The van der Waals surface area contributed by atoms with Crippen molar-refractivity contribution in [3.63, 3.8) is 0 Å². The third kappa shape index (κ3) is 3.76. The summed E-state index contributed by atoms with van der Waals surface area (Å²) >= 11 is 1.24. The van der Waals surface area contributed by atoms with Gasteiger partial charge in [0, 0.05) is 11.4 Å². The zero-order valence-electron chi connectivity index (χ0n) is 10.2. The smallest absolute Gasteiger partial charge is 0.357 e. The lowest BCUT2D eigenvalue weighted by molar-refractivity contribution is 0.0594. The van der Waals surface area contributed by atoms with Crippen molar-refractivity contribution in [3.8, 4) is 0 Å². The maximum atomic E-state index is 11.2. The standard InChI is InChI=1S/C11H18N2O3S/c1-6(2)7(12)4-9(14)10-13-8(5-17-10)11(15)16-3/h5-7,9,14H,4,12H2,1-3H3. The van der Waals surface area contributed by atoms with Crippen molar-refractivity contribution in [1.29, 1.82) is 0 Å². The average Bonchev–Trinajstić information content (AvgIpc) is 2.77. The molecule has 5 nitrogen and oxygen atoms in total. The molecule has 0 aliphatic heterocycles. The molecule has 0 bridgehead atoms. The second-order valence-corrected chi connectivity index (χ2v) is 5.11. The number of nitrogens with zero attached hydrogens (tertiary/aromatic N) is 1. The number of esters is 1. The van der Waals surface area contributed by atoms with Crippen LogP contribution in [0.3, 0.4) is 0 Å². The second-order valence-electron chi connectivity index (χ2n) is 4.22. The zero-order valence-corrected chi connectivity index (χ0v) is 11.0. The van der Waals surface area contributed by atoms with Crippen LogP contribution in [0.1, 0.15) is 41.9 Å². The molecule has 0 saturated heterocycles. The van der Waals surface area contributed by atoms with Gasteiger partial charge in [-0.15, -0.1) is 11.3 Å². The van der Waals surface area contributed by atoms with Crippen LogP contribution in [-0.2, 0) is 4.74 Å². The summed E-state index contributed by atoms with van der Waals surface area (Å²) in [4.78, 5) is 15.2. The number of ether oxygens (including phenoxy) is 1.